The van der Waals surface area contributed by atoms with E-state index in [4.69, 9.17) is 16.3 Å². The van der Waals surface area contributed by atoms with Crippen LogP contribution in [0, 0.1) is 6.92 Å². The van der Waals surface area contributed by atoms with Gasteiger partial charge in [-0.25, -0.2) is 4.79 Å². The molecule has 0 saturated carbocycles. The van der Waals surface area contributed by atoms with Crippen molar-refractivity contribution in [2.24, 2.45) is 0 Å². The van der Waals surface area contributed by atoms with Gasteiger partial charge >= 0.3 is 5.97 Å². The van der Waals surface area contributed by atoms with Crippen LogP contribution in [0.2, 0.25) is 5.02 Å². The van der Waals surface area contributed by atoms with E-state index in [2.05, 4.69) is 15.5 Å². The number of carbonyl (C=O) groups excluding carboxylic acids is 2. The van der Waals surface area contributed by atoms with E-state index in [1.54, 1.807) is 0 Å². The predicted octanol–water partition coefficient (Wildman–Crippen LogP) is 4.99. The quantitative estimate of drug-likeness (QED) is 0.334. The molecule has 3 rings (SSSR count). The van der Waals surface area contributed by atoms with Crippen molar-refractivity contribution in [3.8, 4) is 0 Å². The Morgan fingerprint density at radius 1 is 1.22 bits per heavy atom. The number of amides is 1. The molecule has 0 radical (unpaired) electrons. The van der Waals surface area contributed by atoms with Crippen molar-refractivity contribution >= 4 is 51.6 Å². The smallest absolute Gasteiger partial charge is 0.341 e. The molecule has 0 aliphatic heterocycles. The van der Waals surface area contributed by atoms with Gasteiger partial charge in [-0.15, -0.1) is 21.5 Å². The second-order valence-electron chi connectivity index (χ2n) is 6.97. The molecule has 1 aromatic carbocycles. The highest BCUT2D eigenvalue weighted by Crippen LogP contribution is 2.34. The molecule has 0 aliphatic rings. The molecule has 0 spiro atoms. The number of thiophene rings is 1. The average molecular weight is 493 g/mol. The zero-order valence-corrected chi connectivity index (χ0v) is 20.8. The second-order valence-corrected chi connectivity index (χ2v) is 9.57. The van der Waals surface area contributed by atoms with Crippen LogP contribution in [0.1, 0.15) is 46.0 Å². The number of halogens is 1. The van der Waals surface area contributed by atoms with E-state index in [0.717, 1.165) is 21.8 Å². The number of benzene rings is 1. The number of hydrogen-bond donors (Lipinski definition) is 1. The highest BCUT2D eigenvalue weighted by atomic mass is 35.5. The summed E-state index contributed by atoms with van der Waals surface area (Å²) in [6.07, 6.45) is 1.31. The van der Waals surface area contributed by atoms with E-state index in [-0.39, 0.29) is 11.7 Å². The summed E-state index contributed by atoms with van der Waals surface area (Å²) in [5, 5.41) is 13.3. The van der Waals surface area contributed by atoms with E-state index in [1.807, 2.05) is 49.6 Å². The zero-order valence-electron chi connectivity index (χ0n) is 18.4. The molecular formula is C22H25ClN4O3S2. The molecular weight excluding hydrogens is 468 g/mol. The molecule has 3 aromatic rings. The largest absolute Gasteiger partial charge is 0.465 e. The Labute approximate surface area is 200 Å². The SMILES string of the molecule is CCc1c(C)sc(NC(=O)CSc2nnc(Cc3ccc(Cl)cc3)n2CC)c1C(=O)OC. The molecule has 2 heterocycles. The summed E-state index contributed by atoms with van der Waals surface area (Å²) in [6.45, 7) is 6.62. The number of esters is 1. The Morgan fingerprint density at radius 2 is 1.94 bits per heavy atom. The van der Waals surface area contributed by atoms with Gasteiger partial charge in [0.15, 0.2) is 5.16 Å². The maximum Gasteiger partial charge on any atom is 0.341 e. The van der Waals surface area contributed by atoms with Gasteiger partial charge in [0.05, 0.1) is 18.4 Å². The van der Waals surface area contributed by atoms with Crippen LogP contribution < -0.4 is 5.32 Å². The van der Waals surface area contributed by atoms with Gasteiger partial charge in [0.1, 0.15) is 10.8 Å². The van der Waals surface area contributed by atoms with E-state index in [1.165, 1.54) is 30.2 Å². The lowest BCUT2D eigenvalue weighted by molar-refractivity contribution is -0.113. The fraction of sp³-hybridized carbons (Fsp3) is 0.364. The highest BCUT2D eigenvalue weighted by Gasteiger charge is 2.23. The van der Waals surface area contributed by atoms with Gasteiger partial charge in [-0.3, -0.25) is 4.79 Å². The van der Waals surface area contributed by atoms with Crippen LogP contribution in [0.15, 0.2) is 29.4 Å². The standard InChI is InChI=1S/C22H25ClN4O3S2/c1-5-16-13(3)32-20(19(16)21(29)30-4)24-18(28)12-31-22-26-25-17(27(22)6-2)11-14-7-9-15(23)10-8-14/h7-10H,5-6,11-12H2,1-4H3,(H,24,28). The first-order valence-corrected chi connectivity index (χ1v) is 12.4. The first-order valence-electron chi connectivity index (χ1n) is 10.2. The van der Waals surface area contributed by atoms with Crippen molar-refractivity contribution in [1.82, 2.24) is 14.8 Å². The fourth-order valence-corrected chi connectivity index (χ4v) is 5.46. The Bertz CT molecular complexity index is 1110. The third kappa shape index (κ3) is 5.51. The number of thioether (sulfide) groups is 1. The number of anilines is 1. The summed E-state index contributed by atoms with van der Waals surface area (Å²) in [6, 6.07) is 7.62. The maximum absolute atomic E-state index is 12.6. The van der Waals surface area contributed by atoms with Crippen molar-refractivity contribution in [2.75, 3.05) is 18.2 Å². The van der Waals surface area contributed by atoms with E-state index < -0.39 is 5.97 Å². The predicted molar refractivity (Wildman–Crippen MR) is 129 cm³/mol. The molecule has 32 heavy (non-hydrogen) atoms. The van der Waals surface area contributed by atoms with Crippen molar-refractivity contribution in [3.05, 3.63) is 56.7 Å². The third-order valence-corrected chi connectivity index (χ3v) is 7.20. The van der Waals surface area contributed by atoms with Crippen molar-refractivity contribution in [2.45, 2.75) is 45.3 Å². The fourth-order valence-electron chi connectivity index (χ4n) is 3.36. The van der Waals surface area contributed by atoms with Crippen LogP contribution in [0.25, 0.3) is 0 Å². The summed E-state index contributed by atoms with van der Waals surface area (Å²) >= 11 is 8.66. The number of carbonyl (C=O) groups is 2. The summed E-state index contributed by atoms with van der Waals surface area (Å²) in [7, 11) is 1.34. The Kier molecular flexibility index (Phi) is 8.33. The minimum absolute atomic E-state index is 0.151. The Morgan fingerprint density at radius 3 is 2.56 bits per heavy atom. The number of rotatable bonds is 9. The molecule has 1 N–H and O–H groups in total. The zero-order chi connectivity index (χ0) is 23.3. The maximum atomic E-state index is 12.6. The summed E-state index contributed by atoms with van der Waals surface area (Å²) in [5.74, 6) is 0.325. The van der Waals surface area contributed by atoms with E-state index >= 15 is 0 Å². The topological polar surface area (TPSA) is 86.1 Å². The lowest BCUT2D eigenvalue weighted by atomic mass is 10.1. The highest BCUT2D eigenvalue weighted by molar-refractivity contribution is 7.99. The molecule has 0 saturated heterocycles. The van der Waals surface area contributed by atoms with Gasteiger partial charge in [-0.2, -0.15) is 0 Å². The Hall–Kier alpha value is -2.36. The number of methoxy groups -OCH3 is 1. The molecule has 0 unspecified atom stereocenters. The number of aryl methyl sites for hydroxylation is 1. The van der Waals surface area contributed by atoms with Gasteiger partial charge in [0.2, 0.25) is 5.91 Å². The third-order valence-electron chi connectivity index (χ3n) is 4.92. The number of nitrogens with zero attached hydrogens (tertiary/aromatic N) is 3. The molecule has 0 bridgehead atoms. The second kappa shape index (κ2) is 11.0. The molecule has 7 nitrogen and oxygen atoms in total. The molecule has 0 fully saturated rings. The van der Waals surface area contributed by atoms with Crippen LogP contribution in [0.3, 0.4) is 0 Å². The van der Waals surface area contributed by atoms with Crippen LogP contribution in [-0.4, -0.2) is 39.5 Å². The van der Waals surface area contributed by atoms with Crippen LogP contribution in [0.5, 0.6) is 0 Å². The molecule has 1 amide bonds. The van der Waals surface area contributed by atoms with Gasteiger partial charge in [0, 0.05) is 22.9 Å². The molecule has 170 valence electrons. The van der Waals surface area contributed by atoms with Gasteiger partial charge < -0.3 is 14.6 Å². The number of ether oxygens (including phenoxy) is 1. The minimum Gasteiger partial charge on any atom is -0.465 e. The van der Waals surface area contributed by atoms with E-state index in [9.17, 15) is 9.59 Å². The van der Waals surface area contributed by atoms with E-state index in [0.29, 0.717) is 40.1 Å². The monoisotopic (exact) mass is 492 g/mol. The average Bonchev–Trinajstić information content (AvgIpc) is 3.32. The first kappa shape index (κ1) is 24.3. The van der Waals surface area contributed by atoms with Crippen LogP contribution >= 0.6 is 34.7 Å². The minimum atomic E-state index is -0.438. The van der Waals surface area contributed by atoms with Crippen LogP contribution in [-0.2, 0) is 28.9 Å². The Balaban J connectivity index is 1.68. The van der Waals surface area contributed by atoms with Gasteiger partial charge in [0.25, 0.3) is 0 Å². The lowest BCUT2D eigenvalue weighted by Crippen LogP contribution is -2.16. The van der Waals surface area contributed by atoms with Gasteiger partial charge in [-0.1, -0.05) is 42.4 Å². The number of nitrogens with one attached hydrogen (secondary N) is 1. The molecule has 0 aliphatic carbocycles. The van der Waals surface area contributed by atoms with Crippen molar-refractivity contribution in [1.29, 1.82) is 0 Å². The summed E-state index contributed by atoms with van der Waals surface area (Å²) < 4.78 is 6.91. The normalized spacial score (nSPS) is 10.9. The van der Waals surface area contributed by atoms with Gasteiger partial charge in [-0.05, 0) is 43.5 Å². The van der Waals surface area contributed by atoms with Crippen LogP contribution in [0.4, 0.5) is 5.00 Å². The number of hydrogen-bond acceptors (Lipinski definition) is 7. The van der Waals surface area contributed by atoms with Crippen molar-refractivity contribution < 1.29 is 14.3 Å². The molecule has 10 heteroatoms. The number of aromatic nitrogens is 3. The first-order chi connectivity index (χ1) is 15.4. The molecule has 2 aromatic heterocycles. The molecule has 0 atom stereocenters. The lowest BCUT2D eigenvalue weighted by Gasteiger charge is -2.08. The van der Waals surface area contributed by atoms with Crippen molar-refractivity contribution in [3.63, 3.8) is 0 Å². The summed E-state index contributed by atoms with van der Waals surface area (Å²) in [5.41, 5.74) is 2.43. The summed E-state index contributed by atoms with van der Waals surface area (Å²) in [4.78, 5) is 25.9.